The van der Waals surface area contributed by atoms with Crippen LogP contribution in [0.4, 0.5) is 0 Å². The van der Waals surface area contributed by atoms with E-state index in [4.69, 9.17) is 0 Å². The minimum absolute atomic E-state index is 0.205. The van der Waals surface area contributed by atoms with E-state index < -0.39 is 0 Å². The standard InChI is InChI=1S/C8H15NO/c1-4-5-8(10)6-7-9(2)3/h6-7H,4-5H2,1-3H3. The van der Waals surface area contributed by atoms with Gasteiger partial charge in [0.15, 0.2) is 5.78 Å². The molecule has 0 unspecified atom stereocenters. The average molecular weight is 141 g/mol. The highest BCUT2D eigenvalue weighted by Gasteiger charge is 1.91. The van der Waals surface area contributed by atoms with E-state index in [1.54, 1.807) is 12.3 Å². The Balaban J connectivity index is 3.56. The molecule has 0 aromatic heterocycles. The quantitative estimate of drug-likeness (QED) is 0.552. The van der Waals surface area contributed by atoms with Crippen LogP contribution < -0.4 is 0 Å². The number of hydrogen-bond acceptors (Lipinski definition) is 2. The van der Waals surface area contributed by atoms with Crippen molar-refractivity contribution in [3.05, 3.63) is 12.3 Å². The Morgan fingerprint density at radius 3 is 2.50 bits per heavy atom. The molecule has 0 bridgehead atoms. The molecule has 0 aliphatic heterocycles. The highest BCUT2D eigenvalue weighted by atomic mass is 16.1. The topological polar surface area (TPSA) is 20.3 Å². The number of allylic oxidation sites excluding steroid dienone is 1. The molecule has 10 heavy (non-hydrogen) atoms. The molecule has 0 fully saturated rings. The summed E-state index contributed by atoms with van der Waals surface area (Å²) in [6.45, 7) is 2.00. The van der Waals surface area contributed by atoms with Gasteiger partial charge < -0.3 is 4.90 Å². The van der Waals surface area contributed by atoms with Crippen molar-refractivity contribution in [3.63, 3.8) is 0 Å². The summed E-state index contributed by atoms with van der Waals surface area (Å²) in [5, 5.41) is 0. The summed E-state index contributed by atoms with van der Waals surface area (Å²) in [6, 6.07) is 0. The molecular weight excluding hydrogens is 126 g/mol. The predicted molar refractivity (Wildman–Crippen MR) is 42.7 cm³/mol. The number of rotatable bonds is 4. The zero-order chi connectivity index (χ0) is 7.98. The minimum atomic E-state index is 0.205. The Morgan fingerprint density at radius 1 is 1.50 bits per heavy atom. The van der Waals surface area contributed by atoms with Crippen molar-refractivity contribution in [2.75, 3.05) is 14.1 Å². The van der Waals surface area contributed by atoms with Crippen molar-refractivity contribution < 1.29 is 4.79 Å². The van der Waals surface area contributed by atoms with Crippen LogP contribution in [0.2, 0.25) is 0 Å². The third kappa shape index (κ3) is 5.35. The molecular formula is C8H15NO. The summed E-state index contributed by atoms with van der Waals surface area (Å²) >= 11 is 0. The Kier molecular flexibility index (Phi) is 4.63. The summed E-state index contributed by atoms with van der Waals surface area (Å²) in [6.07, 6.45) is 4.97. The van der Waals surface area contributed by atoms with Crippen molar-refractivity contribution in [2.24, 2.45) is 0 Å². The van der Waals surface area contributed by atoms with Crippen molar-refractivity contribution in [2.45, 2.75) is 19.8 Å². The molecule has 0 N–H and O–H groups in total. The third-order valence-corrected chi connectivity index (χ3v) is 1.05. The van der Waals surface area contributed by atoms with E-state index in [0.717, 1.165) is 6.42 Å². The van der Waals surface area contributed by atoms with Crippen LogP contribution in [0.25, 0.3) is 0 Å². The first-order chi connectivity index (χ1) is 4.66. The van der Waals surface area contributed by atoms with Gasteiger partial charge >= 0.3 is 0 Å². The van der Waals surface area contributed by atoms with E-state index in [0.29, 0.717) is 6.42 Å². The van der Waals surface area contributed by atoms with E-state index in [1.807, 2.05) is 25.9 Å². The zero-order valence-electron chi connectivity index (χ0n) is 6.92. The first-order valence-electron chi connectivity index (χ1n) is 3.54. The van der Waals surface area contributed by atoms with Crippen molar-refractivity contribution in [1.82, 2.24) is 4.90 Å². The van der Waals surface area contributed by atoms with Gasteiger partial charge in [-0.2, -0.15) is 0 Å². The molecule has 2 nitrogen and oxygen atoms in total. The summed E-state index contributed by atoms with van der Waals surface area (Å²) in [4.78, 5) is 12.7. The fourth-order valence-corrected chi connectivity index (χ4v) is 0.562. The molecule has 0 aromatic rings. The normalized spacial score (nSPS) is 10.3. The van der Waals surface area contributed by atoms with Gasteiger partial charge in [0.25, 0.3) is 0 Å². The predicted octanol–water partition coefficient (Wildman–Crippen LogP) is 1.43. The van der Waals surface area contributed by atoms with Gasteiger partial charge in [-0.1, -0.05) is 6.92 Å². The van der Waals surface area contributed by atoms with E-state index in [9.17, 15) is 4.79 Å². The van der Waals surface area contributed by atoms with Crippen LogP contribution in [0.5, 0.6) is 0 Å². The van der Waals surface area contributed by atoms with Gasteiger partial charge in [-0.15, -0.1) is 0 Å². The zero-order valence-corrected chi connectivity index (χ0v) is 6.92. The van der Waals surface area contributed by atoms with Gasteiger partial charge in [-0.3, -0.25) is 4.79 Å². The lowest BCUT2D eigenvalue weighted by Gasteiger charge is -2.01. The Bertz CT molecular complexity index is 127. The van der Waals surface area contributed by atoms with E-state index in [-0.39, 0.29) is 5.78 Å². The van der Waals surface area contributed by atoms with Crippen LogP contribution >= 0.6 is 0 Å². The van der Waals surface area contributed by atoms with Crippen molar-refractivity contribution in [3.8, 4) is 0 Å². The number of carbonyl (C=O) groups excluding carboxylic acids is 1. The fraction of sp³-hybridized carbons (Fsp3) is 0.625. The van der Waals surface area contributed by atoms with E-state index in [1.165, 1.54) is 0 Å². The van der Waals surface area contributed by atoms with Gasteiger partial charge in [0.1, 0.15) is 0 Å². The molecule has 0 aliphatic carbocycles. The molecule has 0 radical (unpaired) electrons. The van der Waals surface area contributed by atoms with Gasteiger partial charge in [-0.25, -0.2) is 0 Å². The highest BCUT2D eigenvalue weighted by molar-refractivity contribution is 5.89. The largest absolute Gasteiger partial charge is 0.383 e. The molecule has 2 heteroatoms. The van der Waals surface area contributed by atoms with Gasteiger partial charge in [0.05, 0.1) is 0 Å². The summed E-state index contributed by atoms with van der Waals surface area (Å²) in [5.74, 6) is 0.205. The number of hydrogen-bond donors (Lipinski definition) is 0. The molecule has 0 rings (SSSR count). The van der Waals surface area contributed by atoms with Gasteiger partial charge in [-0.05, 0) is 12.5 Å². The smallest absolute Gasteiger partial charge is 0.157 e. The Morgan fingerprint density at radius 2 is 2.10 bits per heavy atom. The summed E-state index contributed by atoms with van der Waals surface area (Å²) < 4.78 is 0. The molecule has 0 aromatic carbocycles. The lowest BCUT2D eigenvalue weighted by atomic mass is 10.2. The molecule has 0 saturated carbocycles. The monoisotopic (exact) mass is 141 g/mol. The van der Waals surface area contributed by atoms with Crippen LogP contribution in [0, 0.1) is 0 Å². The maximum absolute atomic E-state index is 10.8. The Labute approximate surface area is 62.5 Å². The molecule has 0 spiro atoms. The first kappa shape index (κ1) is 9.21. The molecule has 0 aliphatic rings. The second-order valence-corrected chi connectivity index (χ2v) is 2.50. The number of nitrogens with zero attached hydrogens (tertiary/aromatic N) is 1. The molecule has 0 heterocycles. The first-order valence-corrected chi connectivity index (χ1v) is 3.54. The van der Waals surface area contributed by atoms with E-state index >= 15 is 0 Å². The van der Waals surface area contributed by atoms with Crippen LogP contribution in [-0.4, -0.2) is 24.8 Å². The lowest BCUT2D eigenvalue weighted by molar-refractivity contribution is -0.114. The molecule has 0 amide bonds. The maximum atomic E-state index is 10.8. The summed E-state index contributed by atoms with van der Waals surface area (Å²) in [7, 11) is 3.80. The second-order valence-electron chi connectivity index (χ2n) is 2.50. The third-order valence-electron chi connectivity index (χ3n) is 1.05. The second kappa shape index (κ2) is 5.03. The lowest BCUT2D eigenvalue weighted by Crippen LogP contribution is -2.02. The van der Waals surface area contributed by atoms with Crippen LogP contribution in [0.3, 0.4) is 0 Å². The fourth-order valence-electron chi connectivity index (χ4n) is 0.562. The number of ketones is 1. The van der Waals surface area contributed by atoms with Gasteiger partial charge in [0, 0.05) is 26.7 Å². The number of carbonyl (C=O) groups is 1. The highest BCUT2D eigenvalue weighted by Crippen LogP contribution is 1.90. The van der Waals surface area contributed by atoms with Crippen molar-refractivity contribution >= 4 is 5.78 Å². The van der Waals surface area contributed by atoms with E-state index in [2.05, 4.69) is 0 Å². The average Bonchev–Trinajstić information content (AvgIpc) is 1.85. The van der Waals surface area contributed by atoms with Crippen molar-refractivity contribution in [1.29, 1.82) is 0 Å². The van der Waals surface area contributed by atoms with Crippen LogP contribution in [-0.2, 0) is 4.79 Å². The molecule has 0 saturated heterocycles. The SMILES string of the molecule is CCCC(=O)C=CN(C)C. The minimum Gasteiger partial charge on any atom is -0.383 e. The summed E-state index contributed by atoms with van der Waals surface area (Å²) in [5.41, 5.74) is 0. The van der Waals surface area contributed by atoms with Crippen LogP contribution in [0.15, 0.2) is 12.3 Å². The van der Waals surface area contributed by atoms with Gasteiger partial charge in [0.2, 0.25) is 0 Å². The maximum Gasteiger partial charge on any atom is 0.157 e. The molecule has 0 atom stereocenters. The molecule has 58 valence electrons. The Hall–Kier alpha value is -0.790. The van der Waals surface area contributed by atoms with Crippen LogP contribution in [0.1, 0.15) is 19.8 Å².